The van der Waals surface area contributed by atoms with E-state index >= 15 is 0 Å². The molecule has 31 heavy (non-hydrogen) atoms. The van der Waals surface area contributed by atoms with Crippen LogP contribution in [0.1, 0.15) is 32.5 Å². The number of anilines is 2. The lowest BCUT2D eigenvalue weighted by Crippen LogP contribution is -2.20. The van der Waals surface area contributed by atoms with Gasteiger partial charge in [0.1, 0.15) is 10.6 Å². The first-order valence-corrected chi connectivity index (χ1v) is 10.8. The minimum Gasteiger partial charge on any atom is -0.465 e. The van der Waals surface area contributed by atoms with E-state index in [4.69, 9.17) is 21.7 Å². The molecule has 1 aromatic heterocycles. The van der Waals surface area contributed by atoms with Crippen molar-refractivity contribution in [3.63, 3.8) is 0 Å². The number of hydrogen-bond acceptors (Lipinski definition) is 6. The van der Waals surface area contributed by atoms with E-state index in [1.54, 1.807) is 31.2 Å². The lowest BCUT2D eigenvalue weighted by atomic mass is 10.0. The third-order valence-corrected chi connectivity index (χ3v) is 5.64. The SMILES string of the molecule is CCOC(=O)c1c(NC(=S)Nc2ccc(C(=O)OC)cc2)sc(C)c1-c1ccccc1. The Morgan fingerprint density at radius 3 is 2.29 bits per heavy atom. The van der Waals surface area contributed by atoms with E-state index in [0.29, 0.717) is 26.9 Å². The quantitative estimate of drug-likeness (QED) is 0.376. The highest BCUT2D eigenvalue weighted by Crippen LogP contribution is 2.40. The summed E-state index contributed by atoms with van der Waals surface area (Å²) in [7, 11) is 1.33. The molecule has 8 heteroatoms. The molecule has 3 aromatic rings. The Morgan fingerprint density at radius 2 is 1.68 bits per heavy atom. The first kappa shape index (κ1) is 22.5. The lowest BCUT2D eigenvalue weighted by Gasteiger charge is -2.12. The van der Waals surface area contributed by atoms with Crippen molar-refractivity contribution < 1.29 is 19.1 Å². The molecule has 0 aliphatic rings. The van der Waals surface area contributed by atoms with Crippen molar-refractivity contribution >= 4 is 51.3 Å². The van der Waals surface area contributed by atoms with Crippen LogP contribution in [0.2, 0.25) is 0 Å². The van der Waals surface area contributed by atoms with E-state index in [0.717, 1.165) is 16.0 Å². The Balaban J connectivity index is 1.86. The average Bonchev–Trinajstić information content (AvgIpc) is 3.09. The number of thiophene rings is 1. The number of hydrogen-bond donors (Lipinski definition) is 2. The summed E-state index contributed by atoms with van der Waals surface area (Å²) >= 11 is 6.88. The van der Waals surface area contributed by atoms with Crippen molar-refractivity contribution in [1.82, 2.24) is 0 Å². The maximum absolute atomic E-state index is 12.8. The number of methoxy groups -OCH3 is 1. The van der Waals surface area contributed by atoms with Gasteiger partial charge in [-0.2, -0.15) is 0 Å². The zero-order valence-corrected chi connectivity index (χ0v) is 19.0. The van der Waals surface area contributed by atoms with Crippen molar-refractivity contribution in [2.24, 2.45) is 0 Å². The number of rotatable bonds is 6. The highest BCUT2D eigenvalue weighted by atomic mass is 32.1. The van der Waals surface area contributed by atoms with Gasteiger partial charge < -0.3 is 20.1 Å². The summed E-state index contributed by atoms with van der Waals surface area (Å²) in [5.41, 5.74) is 3.36. The number of carbonyl (C=O) groups is 2. The van der Waals surface area contributed by atoms with Crippen LogP contribution >= 0.6 is 23.6 Å². The molecule has 0 aliphatic carbocycles. The van der Waals surface area contributed by atoms with Gasteiger partial charge in [-0.1, -0.05) is 30.3 Å². The van der Waals surface area contributed by atoms with Crippen LogP contribution in [0.4, 0.5) is 10.7 Å². The number of esters is 2. The Hall–Kier alpha value is -3.23. The van der Waals surface area contributed by atoms with E-state index in [9.17, 15) is 9.59 Å². The summed E-state index contributed by atoms with van der Waals surface area (Å²) in [6.07, 6.45) is 0. The van der Waals surface area contributed by atoms with Crippen molar-refractivity contribution in [1.29, 1.82) is 0 Å². The summed E-state index contributed by atoms with van der Waals surface area (Å²) < 4.78 is 10.0. The van der Waals surface area contributed by atoms with Gasteiger partial charge in [0.2, 0.25) is 0 Å². The van der Waals surface area contributed by atoms with Crippen LogP contribution in [0, 0.1) is 6.92 Å². The fraction of sp³-hybridized carbons (Fsp3) is 0.174. The minimum atomic E-state index is -0.408. The molecule has 0 bridgehead atoms. The van der Waals surface area contributed by atoms with Gasteiger partial charge in [0.15, 0.2) is 5.11 Å². The van der Waals surface area contributed by atoms with Crippen molar-refractivity contribution in [3.8, 4) is 11.1 Å². The fourth-order valence-electron chi connectivity index (χ4n) is 3.06. The Morgan fingerprint density at radius 1 is 1.00 bits per heavy atom. The summed E-state index contributed by atoms with van der Waals surface area (Å²) in [4.78, 5) is 25.3. The summed E-state index contributed by atoms with van der Waals surface area (Å²) in [5, 5.41) is 7.11. The normalized spacial score (nSPS) is 10.3. The Labute approximate surface area is 190 Å². The van der Waals surface area contributed by atoms with Crippen LogP contribution in [0.25, 0.3) is 11.1 Å². The van der Waals surface area contributed by atoms with Gasteiger partial charge >= 0.3 is 11.9 Å². The number of ether oxygens (including phenoxy) is 2. The van der Waals surface area contributed by atoms with Gasteiger partial charge in [0.05, 0.1) is 19.3 Å². The van der Waals surface area contributed by atoms with Crippen molar-refractivity contribution in [2.75, 3.05) is 24.4 Å². The smallest absolute Gasteiger partial charge is 0.341 e. The molecule has 0 unspecified atom stereocenters. The monoisotopic (exact) mass is 454 g/mol. The molecule has 2 aromatic carbocycles. The van der Waals surface area contributed by atoms with Crippen LogP contribution in [0.15, 0.2) is 54.6 Å². The molecule has 0 fully saturated rings. The van der Waals surface area contributed by atoms with E-state index in [1.807, 2.05) is 37.3 Å². The molecule has 0 amide bonds. The molecular weight excluding hydrogens is 432 g/mol. The Kier molecular flexibility index (Phi) is 7.38. The molecule has 160 valence electrons. The van der Waals surface area contributed by atoms with Crippen molar-refractivity contribution in [2.45, 2.75) is 13.8 Å². The molecule has 3 rings (SSSR count). The zero-order valence-electron chi connectivity index (χ0n) is 17.4. The first-order valence-electron chi connectivity index (χ1n) is 9.56. The van der Waals surface area contributed by atoms with Gasteiger partial charge in [-0.3, -0.25) is 0 Å². The fourth-order valence-corrected chi connectivity index (χ4v) is 4.41. The first-order chi connectivity index (χ1) is 14.9. The maximum atomic E-state index is 12.8. The predicted molar refractivity (Wildman–Crippen MR) is 128 cm³/mol. The van der Waals surface area contributed by atoms with Gasteiger partial charge in [-0.15, -0.1) is 11.3 Å². The lowest BCUT2D eigenvalue weighted by molar-refractivity contribution is 0.0527. The Bertz CT molecular complexity index is 1090. The molecular formula is C23H22N2O4S2. The molecule has 0 saturated carbocycles. The van der Waals surface area contributed by atoms with E-state index in [-0.39, 0.29) is 6.61 Å². The topological polar surface area (TPSA) is 76.7 Å². The van der Waals surface area contributed by atoms with E-state index < -0.39 is 11.9 Å². The van der Waals surface area contributed by atoms with Crippen LogP contribution in [-0.4, -0.2) is 30.8 Å². The molecule has 0 atom stereocenters. The van der Waals surface area contributed by atoms with Crippen LogP contribution in [0.3, 0.4) is 0 Å². The largest absolute Gasteiger partial charge is 0.465 e. The number of carbonyl (C=O) groups excluding carboxylic acids is 2. The van der Waals surface area contributed by atoms with Crippen LogP contribution in [-0.2, 0) is 9.47 Å². The minimum absolute atomic E-state index is 0.274. The molecule has 0 spiro atoms. The third-order valence-electron chi connectivity index (χ3n) is 4.42. The van der Waals surface area contributed by atoms with Crippen molar-refractivity contribution in [3.05, 3.63) is 70.6 Å². The second-order valence-corrected chi connectivity index (χ2v) is 8.10. The van der Waals surface area contributed by atoms with E-state index in [2.05, 4.69) is 10.6 Å². The third kappa shape index (κ3) is 5.28. The average molecular weight is 455 g/mol. The summed E-state index contributed by atoms with van der Waals surface area (Å²) in [6.45, 7) is 4.01. The second-order valence-electron chi connectivity index (χ2n) is 6.47. The summed E-state index contributed by atoms with van der Waals surface area (Å²) in [5.74, 6) is -0.813. The predicted octanol–water partition coefficient (Wildman–Crippen LogP) is 5.50. The van der Waals surface area contributed by atoms with E-state index in [1.165, 1.54) is 18.4 Å². The second kappa shape index (κ2) is 10.2. The highest BCUT2D eigenvalue weighted by molar-refractivity contribution is 7.80. The molecule has 0 saturated heterocycles. The number of thiocarbonyl (C=S) groups is 1. The highest BCUT2D eigenvalue weighted by Gasteiger charge is 2.25. The molecule has 0 aliphatic heterocycles. The van der Waals surface area contributed by atoms with Gasteiger partial charge in [-0.25, -0.2) is 9.59 Å². The van der Waals surface area contributed by atoms with Crippen LogP contribution in [0.5, 0.6) is 0 Å². The van der Waals surface area contributed by atoms with Crippen LogP contribution < -0.4 is 10.6 Å². The van der Waals surface area contributed by atoms with Gasteiger partial charge in [0, 0.05) is 16.1 Å². The number of aryl methyl sites for hydroxylation is 1. The molecule has 2 N–H and O–H groups in total. The molecule has 1 heterocycles. The van der Waals surface area contributed by atoms with Gasteiger partial charge in [0.25, 0.3) is 0 Å². The molecule has 6 nitrogen and oxygen atoms in total. The standard InChI is InChI=1S/C23H22N2O4S2/c1-4-29-22(27)19-18(15-8-6-5-7-9-15)14(2)31-20(19)25-23(30)24-17-12-10-16(11-13-17)21(26)28-3/h5-13H,4H2,1-3H3,(H2,24,25,30). The molecule has 0 radical (unpaired) electrons. The summed E-state index contributed by atoms with van der Waals surface area (Å²) in [6, 6.07) is 16.4. The number of benzene rings is 2. The zero-order chi connectivity index (χ0) is 22.4. The maximum Gasteiger partial charge on any atom is 0.341 e. The van der Waals surface area contributed by atoms with Gasteiger partial charge in [-0.05, 0) is 55.9 Å². The number of nitrogens with one attached hydrogen (secondary N) is 2.